The van der Waals surface area contributed by atoms with Crippen molar-refractivity contribution < 1.29 is 5.11 Å². The molecule has 0 bridgehead atoms. The number of nitrogens with zero attached hydrogens (tertiary/aromatic N) is 5. The van der Waals surface area contributed by atoms with Crippen molar-refractivity contribution in [3.05, 3.63) is 53.6 Å². The third kappa shape index (κ3) is 4.42. The minimum atomic E-state index is 0.310. The number of nitrogens with one attached hydrogen (secondary N) is 1. The van der Waals surface area contributed by atoms with E-state index in [1.54, 1.807) is 0 Å². The molecule has 0 spiro atoms. The predicted molar refractivity (Wildman–Crippen MR) is 121 cm³/mol. The van der Waals surface area contributed by atoms with E-state index in [2.05, 4.69) is 56.4 Å². The Bertz CT molecular complexity index is 1030. The average molecular weight is 419 g/mol. The molecule has 2 atom stereocenters. The van der Waals surface area contributed by atoms with Gasteiger partial charge in [0.05, 0.1) is 0 Å². The van der Waals surface area contributed by atoms with Crippen LogP contribution in [-0.2, 0) is 6.42 Å². The number of phenolic OH excluding ortho intramolecular Hbond substituents is 1. The molecule has 2 aromatic carbocycles. The Balaban J connectivity index is 1.38. The van der Waals surface area contributed by atoms with E-state index in [4.69, 9.17) is 0 Å². The van der Waals surface area contributed by atoms with Crippen molar-refractivity contribution in [3.8, 4) is 17.1 Å². The standard InChI is InChI=1S/C24H30N6O/c1-16-14-30(17(2)13-29(16)15-18-7-8-18)21-10-19(11-22(31)12-21)9-20-5-3-4-6-23(20)24-25-27-28-26-24/h3-6,10-12,16-18,31H,7-9,13-15H2,1-2H3,(H,25,26,27,28)/t16-,17+/m1/s1. The maximum Gasteiger partial charge on any atom is 0.204 e. The molecular weight excluding hydrogens is 388 g/mol. The minimum Gasteiger partial charge on any atom is -0.508 e. The largest absolute Gasteiger partial charge is 0.508 e. The fourth-order valence-electron chi connectivity index (χ4n) is 4.76. The summed E-state index contributed by atoms with van der Waals surface area (Å²) in [5, 5.41) is 25.0. The molecule has 162 valence electrons. The van der Waals surface area contributed by atoms with Gasteiger partial charge in [0.2, 0.25) is 5.82 Å². The number of aromatic hydroxyl groups is 1. The van der Waals surface area contributed by atoms with E-state index in [1.165, 1.54) is 19.4 Å². The van der Waals surface area contributed by atoms with Crippen LogP contribution in [0.4, 0.5) is 5.69 Å². The smallest absolute Gasteiger partial charge is 0.204 e. The van der Waals surface area contributed by atoms with Crippen LogP contribution in [0.25, 0.3) is 11.4 Å². The quantitative estimate of drug-likeness (QED) is 0.638. The second kappa shape index (κ2) is 8.30. The average Bonchev–Trinajstić information content (AvgIpc) is 3.39. The van der Waals surface area contributed by atoms with Crippen LogP contribution >= 0.6 is 0 Å². The molecule has 0 unspecified atom stereocenters. The van der Waals surface area contributed by atoms with Gasteiger partial charge in [-0.05, 0) is 67.5 Å². The molecule has 2 N–H and O–H groups in total. The monoisotopic (exact) mass is 418 g/mol. The van der Waals surface area contributed by atoms with Crippen LogP contribution in [0.1, 0.15) is 37.8 Å². The lowest BCUT2D eigenvalue weighted by Gasteiger charge is -2.45. The first-order valence-corrected chi connectivity index (χ1v) is 11.2. The van der Waals surface area contributed by atoms with Crippen LogP contribution in [0.2, 0.25) is 0 Å². The summed E-state index contributed by atoms with van der Waals surface area (Å²) in [6, 6.07) is 15.0. The van der Waals surface area contributed by atoms with E-state index < -0.39 is 0 Å². The lowest BCUT2D eigenvalue weighted by Crippen LogP contribution is -2.57. The number of H-pyrrole nitrogens is 1. The van der Waals surface area contributed by atoms with Crippen molar-refractivity contribution in [2.75, 3.05) is 24.5 Å². The minimum absolute atomic E-state index is 0.310. The Morgan fingerprint density at radius 2 is 1.90 bits per heavy atom. The second-order valence-corrected chi connectivity index (χ2v) is 9.17. The second-order valence-electron chi connectivity index (χ2n) is 9.17. The lowest BCUT2D eigenvalue weighted by atomic mass is 9.98. The van der Waals surface area contributed by atoms with Crippen LogP contribution in [-0.4, -0.2) is 62.3 Å². The van der Waals surface area contributed by atoms with Gasteiger partial charge in [0.1, 0.15) is 5.75 Å². The normalized spacial score (nSPS) is 22.1. The summed E-state index contributed by atoms with van der Waals surface area (Å²) in [5.41, 5.74) is 4.23. The third-order valence-corrected chi connectivity index (χ3v) is 6.60. The first-order valence-electron chi connectivity index (χ1n) is 11.2. The van der Waals surface area contributed by atoms with Gasteiger partial charge < -0.3 is 10.0 Å². The third-order valence-electron chi connectivity index (χ3n) is 6.60. The summed E-state index contributed by atoms with van der Waals surface area (Å²) in [7, 11) is 0. The van der Waals surface area contributed by atoms with Gasteiger partial charge in [-0.2, -0.15) is 5.21 Å². The number of tetrazole rings is 1. The number of benzene rings is 2. The van der Waals surface area contributed by atoms with Gasteiger partial charge in [-0.1, -0.05) is 24.3 Å². The highest BCUT2D eigenvalue weighted by Gasteiger charge is 2.33. The lowest BCUT2D eigenvalue weighted by molar-refractivity contribution is 0.159. The molecule has 5 rings (SSSR count). The van der Waals surface area contributed by atoms with Crippen molar-refractivity contribution in [1.29, 1.82) is 0 Å². The summed E-state index contributed by atoms with van der Waals surface area (Å²) in [6.45, 7) is 7.91. The maximum atomic E-state index is 10.5. The molecule has 3 aromatic rings. The summed E-state index contributed by atoms with van der Waals surface area (Å²) in [5.74, 6) is 1.81. The van der Waals surface area contributed by atoms with E-state index in [-0.39, 0.29) is 0 Å². The first kappa shape index (κ1) is 20.0. The summed E-state index contributed by atoms with van der Waals surface area (Å²) < 4.78 is 0. The molecule has 0 radical (unpaired) electrons. The molecule has 31 heavy (non-hydrogen) atoms. The molecule has 2 heterocycles. The number of aromatic amines is 1. The molecule has 7 heteroatoms. The number of aromatic nitrogens is 4. The van der Waals surface area contributed by atoms with Gasteiger partial charge in [-0.25, -0.2) is 0 Å². The highest BCUT2D eigenvalue weighted by molar-refractivity contribution is 5.61. The molecule has 0 amide bonds. The predicted octanol–water partition coefficient (Wildman–Crippen LogP) is 3.47. The van der Waals surface area contributed by atoms with E-state index in [1.807, 2.05) is 30.3 Å². The van der Waals surface area contributed by atoms with Crippen molar-refractivity contribution in [2.45, 2.75) is 45.2 Å². The van der Waals surface area contributed by atoms with Gasteiger partial charge in [-0.3, -0.25) is 4.90 Å². The molecular formula is C24H30N6O. The van der Waals surface area contributed by atoms with Crippen molar-refractivity contribution in [2.24, 2.45) is 5.92 Å². The van der Waals surface area contributed by atoms with E-state index >= 15 is 0 Å². The van der Waals surface area contributed by atoms with Gasteiger partial charge in [-0.15, -0.1) is 10.2 Å². The molecule has 2 fully saturated rings. The number of anilines is 1. The van der Waals surface area contributed by atoms with Gasteiger partial charge >= 0.3 is 0 Å². The Kier molecular flexibility index (Phi) is 5.36. The van der Waals surface area contributed by atoms with Crippen LogP contribution in [0.15, 0.2) is 42.5 Å². The summed E-state index contributed by atoms with van der Waals surface area (Å²) >= 11 is 0. The zero-order valence-electron chi connectivity index (χ0n) is 18.2. The molecule has 1 aliphatic carbocycles. The zero-order valence-corrected chi connectivity index (χ0v) is 18.2. The topological polar surface area (TPSA) is 81.2 Å². The highest BCUT2D eigenvalue weighted by Crippen LogP contribution is 2.34. The number of phenols is 1. The van der Waals surface area contributed by atoms with Crippen molar-refractivity contribution >= 4 is 5.69 Å². The fraction of sp³-hybridized carbons (Fsp3) is 0.458. The molecule has 2 aliphatic rings. The van der Waals surface area contributed by atoms with Crippen LogP contribution in [0.3, 0.4) is 0 Å². The number of piperazine rings is 1. The molecule has 1 saturated carbocycles. The SMILES string of the molecule is C[C@@H]1CN(c2cc(O)cc(Cc3ccccc3-c3nn[nH]n3)c2)[C@@H](C)CN1CC1CC1. The molecule has 1 saturated heterocycles. The summed E-state index contributed by atoms with van der Waals surface area (Å²) in [4.78, 5) is 5.09. The van der Waals surface area contributed by atoms with Crippen LogP contribution in [0, 0.1) is 5.92 Å². The van der Waals surface area contributed by atoms with Gasteiger partial charge in [0.15, 0.2) is 0 Å². The van der Waals surface area contributed by atoms with E-state index in [9.17, 15) is 5.11 Å². The number of hydrogen-bond acceptors (Lipinski definition) is 6. The Hall–Kier alpha value is -2.93. The molecule has 1 aromatic heterocycles. The van der Waals surface area contributed by atoms with E-state index in [0.717, 1.165) is 41.4 Å². The van der Waals surface area contributed by atoms with Crippen LogP contribution in [0.5, 0.6) is 5.75 Å². The molecule has 1 aliphatic heterocycles. The molecule has 7 nitrogen and oxygen atoms in total. The maximum absolute atomic E-state index is 10.5. The van der Waals surface area contributed by atoms with Crippen molar-refractivity contribution in [1.82, 2.24) is 25.5 Å². The summed E-state index contributed by atoms with van der Waals surface area (Å²) in [6.07, 6.45) is 3.48. The van der Waals surface area contributed by atoms with E-state index in [0.29, 0.717) is 30.1 Å². The van der Waals surface area contributed by atoms with Gasteiger partial charge in [0, 0.05) is 49.0 Å². The van der Waals surface area contributed by atoms with Crippen LogP contribution < -0.4 is 4.90 Å². The fourth-order valence-corrected chi connectivity index (χ4v) is 4.76. The highest BCUT2D eigenvalue weighted by atomic mass is 16.3. The first-order chi connectivity index (χ1) is 15.1. The Morgan fingerprint density at radius 3 is 2.68 bits per heavy atom. The Morgan fingerprint density at radius 1 is 1.06 bits per heavy atom. The number of hydrogen-bond donors (Lipinski definition) is 2. The van der Waals surface area contributed by atoms with Crippen molar-refractivity contribution in [3.63, 3.8) is 0 Å². The Labute approximate surface area is 183 Å². The zero-order chi connectivity index (χ0) is 21.4. The number of rotatable bonds is 6. The van der Waals surface area contributed by atoms with Gasteiger partial charge in [0.25, 0.3) is 0 Å².